The molecule has 0 aliphatic rings. The van der Waals surface area contributed by atoms with Crippen LogP contribution in [0, 0.1) is 12.8 Å². The number of aromatic nitrogens is 2. The average molecular weight is 245 g/mol. The van der Waals surface area contributed by atoms with E-state index in [0.717, 1.165) is 28.6 Å². The average Bonchev–Trinajstić information content (AvgIpc) is 2.19. The lowest BCUT2D eigenvalue weighted by Crippen LogP contribution is -2.00. The molecule has 15 heavy (non-hydrogen) atoms. The summed E-state index contributed by atoms with van der Waals surface area (Å²) in [6, 6.07) is 0. The molecule has 1 heterocycles. The monoisotopic (exact) mass is 244 g/mol. The fourth-order valence-electron chi connectivity index (χ4n) is 1.06. The van der Waals surface area contributed by atoms with Gasteiger partial charge in [-0.1, -0.05) is 32.4 Å². The number of hydrogen-bond donors (Lipinski definition) is 0. The summed E-state index contributed by atoms with van der Waals surface area (Å²) in [4.78, 5) is 8.71. The van der Waals surface area contributed by atoms with E-state index in [1.807, 2.05) is 13.8 Å². The Morgan fingerprint density at radius 1 is 1.33 bits per heavy atom. The Labute approximate surface area is 101 Å². The minimum absolute atomic E-state index is 0.591. The molecule has 1 rings (SSSR count). The van der Waals surface area contributed by atoms with Gasteiger partial charge in [0.05, 0.1) is 0 Å². The van der Waals surface area contributed by atoms with Crippen molar-refractivity contribution in [3.63, 3.8) is 0 Å². The highest BCUT2D eigenvalue weighted by Gasteiger charge is 2.09. The second-order valence-corrected chi connectivity index (χ2v) is 5.29. The second kappa shape index (κ2) is 5.71. The molecule has 2 nitrogen and oxygen atoms in total. The maximum absolute atomic E-state index is 6.05. The number of hydrogen-bond acceptors (Lipinski definition) is 3. The molecule has 0 atom stereocenters. The summed E-state index contributed by atoms with van der Waals surface area (Å²) in [7, 11) is 0. The molecule has 0 fully saturated rings. The van der Waals surface area contributed by atoms with Gasteiger partial charge in [-0.05, 0) is 12.8 Å². The summed E-state index contributed by atoms with van der Waals surface area (Å²) in [6.07, 6.45) is 0.829. The Bertz CT molecular complexity index is 340. The molecular formula is C11H17ClN2S. The van der Waals surface area contributed by atoms with Gasteiger partial charge < -0.3 is 0 Å². The van der Waals surface area contributed by atoms with Gasteiger partial charge in [-0.2, -0.15) is 0 Å². The molecule has 1 aromatic heterocycles. The molecular weight excluding hydrogens is 228 g/mol. The minimum atomic E-state index is 0.591. The van der Waals surface area contributed by atoms with Crippen molar-refractivity contribution in [1.82, 2.24) is 9.97 Å². The van der Waals surface area contributed by atoms with Crippen molar-refractivity contribution in [3.05, 3.63) is 16.5 Å². The van der Waals surface area contributed by atoms with E-state index in [1.165, 1.54) is 0 Å². The number of thioether (sulfide) groups is 1. The number of aryl methyl sites for hydroxylation is 1. The van der Waals surface area contributed by atoms with Gasteiger partial charge in [0.25, 0.3) is 0 Å². The van der Waals surface area contributed by atoms with E-state index >= 15 is 0 Å². The lowest BCUT2D eigenvalue weighted by Gasteiger charge is -2.09. The molecule has 0 saturated carbocycles. The van der Waals surface area contributed by atoms with Crippen LogP contribution in [-0.2, 0) is 6.42 Å². The van der Waals surface area contributed by atoms with E-state index in [4.69, 9.17) is 11.6 Å². The third-order valence-corrected chi connectivity index (χ3v) is 3.83. The first-order valence-corrected chi connectivity index (χ1v) is 6.56. The van der Waals surface area contributed by atoms with Crippen LogP contribution in [0.4, 0.5) is 0 Å². The van der Waals surface area contributed by atoms with Crippen LogP contribution in [0.1, 0.15) is 32.2 Å². The van der Waals surface area contributed by atoms with Crippen molar-refractivity contribution in [1.29, 1.82) is 0 Å². The summed E-state index contributed by atoms with van der Waals surface area (Å²) in [5.74, 6) is 2.56. The van der Waals surface area contributed by atoms with Crippen molar-refractivity contribution in [3.8, 4) is 0 Å². The van der Waals surface area contributed by atoms with E-state index in [9.17, 15) is 0 Å². The molecule has 4 heteroatoms. The number of halogens is 1. The molecule has 0 amide bonds. The maximum atomic E-state index is 6.05. The Morgan fingerprint density at radius 3 is 2.53 bits per heavy atom. The van der Waals surface area contributed by atoms with Crippen molar-refractivity contribution < 1.29 is 0 Å². The SMILES string of the molecule is CCc1nc(Cl)c(C)c(SCC(C)C)n1. The fourth-order valence-corrected chi connectivity index (χ4v) is 2.27. The molecule has 0 N–H and O–H groups in total. The lowest BCUT2D eigenvalue weighted by molar-refractivity contribution is 0.748. The van der Waals surface area contributed by atoms with Gasteiger partial charge in [-0.3, -0.25) is 0 Å². The zero-order chi connectivity index (χ0) is 11.4. The number of rotatable bonds is 4. The van der Waals surface area contributed by atoms with Gasteiger partial charge in [0.15, 0.2) is 0 Å². The smallest absolute Gasteiger partial charge is 0.136 e. The van der Waals surface area contributed by atoms with Crippen LogP contribution in [0.5, 0.6) is 0 Å². The lowest BCUT2D eigenvalue weighted by atomic mass is 10.3. The molecule has 0 unspecified atom stereocenters. The van der Waals surface area contributed by atoms with Gasteiger partial charge in [0, 0.05) is 17.7 Å². The molecule has 0 saturated heterocycles. The Balaban J connectivity index is 2.90. The van der Waals surface area contributed by atoms with Crippen LogP contribution in [0.25, 0.3) is 0 Å². The van der Waals surface area contributed by atoms with E-state index in [2.05, 4.69) is 23.8 Å². The Hall–Kier alpha value is -0.280. The highest BCUT2D eigenvalue weighted by atomic mass is 35.5. The minimum Gasteiger partial charge on any atom is -0.226 e. The van der Waals surface area contributed by atoms with E-state index < -0.39 is 0 Å². The normalized spacial score (nSPS) is 11.1. The predicted octanol–water partition coefficient (Wildman–Crippen LogP) is 3.75. The van der Waals surface area contributed by atoms with Gasteiger partial charge in [-0.25, -0.2) is 9.97 Å². The summed E-state index contributed by atoms with van der Waals surface area (Å²) in [6.45, 7) is 8.42. The largest absolute Gasteiger partial charge is 0.226 e. The summed E-state index contributed by atoms with van der Waals surface area (Å²) in [5.41, 5.74) is 1.000. The van der Waals surface area contributed by atoms with Crippen LogP contribution >= 0.6 is 23.4 Å². The van der Waals surface area contributed by atoms with Crippen LogP contribution in [-0.4, -0.2) is 15.7 Å². The second-order valence-electron chi connectivity index (χ2n) is 3.92. The van der Waals surface area contributed by atoms with Crippen LogP contribution in [0.3, 0.4) is 0 Å². The maximum Gasteiger partial charge on any atom is 0.136 e. The van der Waals surface area contributed by atoms with E-state index in [0.29, 0.717) is 11.1 Å². The first kappa shape index (κ1) is 12.8. The fraction of sp³-hybridized carbons (Fsp3) is 0.636. The molecule has 1 aromatic rings. The highest BCUT2D eigenvalue weighted by Crippen LogP contribution is 2.26. The van der Waals surface area contributed by atoms with Gasteiger partial charge in [-0.15, -0.1) is 11.8 Å². The standard InChI is InChI=1S/C11H17ClN2S/c1-5-9-13-10(12)8(4)11(14-9)15-6-7(2)3/h7H,5-6H2,1-4H3. The molecule has 0 radical (unpaired) electrons. The van der Waals surface area contributed by atoms with Crippen LogP contribution in [0.2, 0.25) is 5.15 Å². The van der Waals surface area contributed by atoms with Crippen molar-refractivity contribution in [2.75, 3.05) is 5.75 Å². The van der Waals surface area contributed by atoms with E-state index in [-0.39, 0.29) is 0 Å². The van der Waals surface area contributed by atoms with Crippen molar-refractivity contribution >= 4 is 23.4 Å². The van der Waals surface area contributed by atoms with Gasteiger partial charge in [0.1, 0.15) is 16.0 Å². The van der Waals surface area contributed by atoms with Crippen LogP contribution in [0.15, 0.2) is 5.03 Å². The molecule has 0 aliphatic heterocycles. The summed E-state index contributed by atoms with van der Waals surface area (Å²) >= 11 is 7.81. The third-order valence-electron chi connectivity index (χ3n) is 1.96. The highest BCUT2D eigenvalue weighted by molar-refractivity contribution is 7.99. The predicted molar refractivity (Wildman–Crippen MR) is 66.7 cm³/mol. The Morgan fingerprint density at radius 2 is 2.00 bits per heavy atom. The molecule has 0 bridgehead atoms. The van der Waals surface area contributed by atoms with Gasteiger partial charge in [0.2, 0.25) is 0 Å². The van der Waals surface area contributed by atoms with Crippen molar-refractivity contribution in [2.24, 2.45) is 5.92 Å². The van der Waals surface area contributed by atoms with Crippen LogP contribution < -0.4 is 0 Å². The molecule has 0 aromatic carbocycles. The first-order valence-electron chi connectivity index (χ1n) is 5.20. The molecule has 0 spiro atoms. The Kier molecular flexibility index (Phi) is 4.87. The summed E-state index contributed by atoms with van der Waals surface area (Å²) < 4.78 is 0. The zero-order valence-electron chi connectivity index (χ0n) is 9.67. The summed E-state index contributed by atoms with van der Waals surface area (Å²) in [5, 5.41) is 1.62. The zero-order valence-corrected chi connectivity index (χ0v) is 11.2. The van der Waals surface area contributed by atoms with Crippen molar-refractivity contribution in [2.45, 2.75) is 39.1 Å². The van der Waals surface area contributed by atoms with E-state index in [1.54, 1.807) is 11.8 Å². The topological polar surface area (TPSA) is 25.8 Å². The quantitative estimate of drug-likeness (QED) is 0.596. The third kappa shape index (κ3) is 3.65. The molecule has 0 aliphatic carbocycles. The first-order chi connectivity index (χ1) is 7.04. The number of nitrogens with zero attached hydrogens (tertiary/aromatic N) is 2. The molecule has 84 valence electrons. The van der Waals surface area contributed by atoms with Gasteiger partial charge >= 0.3 is 0 Å².